The van der Waals surface area contributed by atoms with Gasteiger partial charge in [0.1, 0.15) is 0 Å². The molecule has 2 N–H and O–H groups in total. The van der Waals surface area contributed by atoms with Gasteiger partial charge in [-0.05, 0) is 35.9 Å². The van der Waals surface area contributed by atoms with Crippen molar-refractivity contribution in [1.82, 2.24) is 4.98 Å². The molecular formula is C22H16Cl2N2OS. The summed E-state index contributed by atoms with van der Waals surface area (Å²) in [5.41, 5.74) is 3.31. The number of halogens is 2. The number of fused-ring (bicyclic) bond motifs is 1. The Morgan fingerprint density at radius 3 is 2.46 bits per heavy atom. The Labute approximate surface area is 177 Å². The van der Waals surface area contributed by atoms with E-state index in [4.69, 9.17) is 23.2 Å². The predicted octanol–water partition coefficient (Wildman–Crippen LogP) is 7.02. The number of rotatable bonds is 5. The van der Waals surface area contributed by atoms with Crippen LogP contribution >= 0.6 is 35.0 Å². The smallest absolute Gasteiger partial charge is 0.257 e. The van der Waals surface area contributed by atoms with Crippen LogP contribution in [0.1, 0.15) is 15.9 Å². The van der Waals surface area contributed by atoms with Crippen LogP contribution in [0, 0.1) is 0 Å². The molecule has 0 atom stereocenters. The molecule has 0 saturated heterocycles. The first kappa shape index (κ1) is 18.9. The molecule has 28 heavy (non-hydrogen) atoms. The van der Waals surface area contributed by atoms with Crippen molar-refractivity contribution in [2.45, 2.75) is 10.6 Å². The highest BCUT2D eigenvalue weighted by Crippen LogP contribution is 2.33. The minimum Gasteiger partial charge on any atom is -0.360 e. The Kier molecular flexibility index (Phi) is 5.62. The molecule has 0 bridgehead atoms. The average Bonchev–Trinajstić information content (AvgIpc) is 3.11. The van der Waals surface area contributed by atoms with Gasteiger partial charge in [0, 0.05) is 43.5 Å². The summed E-state index contributed by atoms with van der Waals surface area (Å²) in [7, 11) is 0. The van der Waals surface area contributed by atoms with Crippen LogP contribution in [0.5, 0.6) is 0 Å². The molecule has 140 valence electrons. The largest absolute Gasteiger partial charge is 0.360 e. The first-order valence-corrected chi connectivity index (χ1v) is 10.4. The average molecular weight is 427 g/mol. The molecular weight excluding hydrogens is 411 g/mol. The first-order chi connectivity index (χ1) is 13.6. The van der Waals surface area contributed by atoms with E-state index in [9.17, 15) is 4.79 Å². The second-order valence-corrected chi connectivity index (χ2v) is 8.16. The zero-order valence-corrected chi connectivity index (χ0v) is 17.0. The van der Waals surface area contributed by atoms with Crippen LogP contribution in [0.2, 0.25) is 10.0 Å². The lowest BCUT2D eigenvalue weighted by molar-refractivity contribution is 0.102. The van der Waals surface area contributed by atoms with Gasteiger partial charge in [0.25, 0.3) is 5.91 Å². The van der Waals surface area contributed by atoms with E-state index in [-0.39, 0.29) is 5.91 Å². The monoisotopic (exact) mass is 426 g/mol. The molecule has 0 aliphatic heterocycles. The van der Waals surface area contributed by atoms with Crippen molar-refractivity contribution in [2.24, 2.45) is 0 Å². The molecule has 4 rings (SSSR count). The van der Waals surface area contributed by atoms with Crippen molar-refractivity contribution in [3.05, 3.63) is 94.1 Å². The van der Waals surface area contributed by atoms with Crippen molar-refractivity contribution in [1.29, 1.82) is 0 Å². The van der Waals surface area contributed by atoms with Crippen molar-refractivity contribution >= 4 is 57.5 Å². The van der Waals surface area contributed by atoms with Crippen molar-refractivity contribution in [2.75, 3.05) is 5.32 Å². The Morgan fingerprint density at radius 1 is 0.964 bits per heavy atom. The standard InChI is InChI=1S/C22H16Cl2N2OS/c23-15-9-16(24)11-17(10-15)26-22(27)18-12-25-19-7-4-8-20(21(18)19)28-13-14-5-2-1-3-6-14/h1-12,25H,13H2,(H,26,27). The molecule has 0 aliphatic rings. The maximum atomic E-state index is 12.9. The van der Waals surface area contributed by atoms with E-state index in [2.05, 4.69) is 22.4 Å². The van der Waals surface area contributed by atoms with Crippen LogP contribution in [0.15, 0.2) is 77.8 Å². The molecule has 0 aliphatic carbocycles. The van der Waals surface area contributed by atoms with E-state index in [1.807, 2.05) is 36.4 Å². The van der Waals surface area contributed by atoms with Crippen LogP contribution in [-0.2, 0) is 5.75 Å². The van der Waals surface area contributed by atoms with E-state index < -0.39 is 0 Å². The van der Waals surface area contributed by atoms with E-state index in [0.717, 1.165) is 21.6 Å². The summed E-state index contributed by atoms with van der Waals surface area (Å²) in [5.74, 6) is 0.619. The Morgan fingerprint density at radius 2 is 1.71 bits per heavy atom. The normalized spacial score (nSPS) is 10.9. The molecule has 1 amide bonds. The van der Waals surface area contributed by atoms with Gasteiger partial charge in [0.2, 0.25) is 0 Å². The van der Waals surface area contributed by atoms with Gasteiger partial charge in [0.05, 0.1) is 5.56 Å². The highest BCUT2D eigenvalue weighted by Gasteiger charge is 2.16. The number of benzene rings is 3. The third-order valence-corrected chi connectivity index (χ3v) is 5.84. The number of hydrogen-bond donors (Lipinski definition) is 2. The number of carbonyl (C=O) groups is 1. The third kappa shape index (κ3) is 4.20. The fraction of sp³-hybridized carbons (Fsp3) is 0.0455. The van der Waals surface area contributed by atoms with Crippen LogP contribution in [0.4, 0.5) is 5.69 Å². The number of anilines is 1. The summed E-state index contributed by atoms with van der Waals surface area (Å²) in [4.78, 5) is 17.2. The molecule has 1 aromatic heterocycles. The lowest BCUT2D eigenvalue weighted by Gasteiger charge is -2.08. The minimum absolute atomic E-state index is 0.211. The number of hydrogen-bond acceptors (Lipinski definition) is 2. The Bertz CT molecular complexity index is 1120. The number of H-pyrrole nitrogens is 1. The summed E-state index contributed by atoms with van der Waals surface area (Å²) in [6.45, 7) is 0. The molecule has 6 heteroatoms. The van der Waals surface area contributed by atoms with Crippen LogP contribution in [-0.4, -0.2) is 10.9 Å². The number of aromatic amines is 1. The zero-order chi connectivity index (χ0) is 19.5. The molecule has 0 radical (unpaired) electrons. The van der Waals surface area contributed by atoms with Crippen molar-refractivity contribution < 1.29 is 4.79 Å². The van der Waals surface area contributed by atoms with Gasteiger partial charge in [-0.25, -0.2) is 0 Å². The highest BCUT2D eigenvalue weighted by atomic mass is 35.5. The Hall–Kier alpha value is -2.40. The van der Waals surface area contributed by atoms with E-state index in [1.54, 1.807) is 36.2 Å². The number of nitrogens with one attached hydrogen (secondary N) is 2. The highest BCUT2D eigenvalue weighted by molar-refractivity contribution is 7.98. The minimum atomic E-state index is -0.211. The Balaban J connectivity index is 1.63. The SMILES string of the molecule is O=C(Nc1cc(Cl)cc(Cl)c1)c1c[nH]c2cccc(SCc3ccccc3)c12. The van der Waals surface area contributed by atoms with Gasteiger partial charge in [-0.15, -0.1) is 11.8 Å². The summed E-state index contributed by atoms with van der Waals surface area (Å²) < 4.78 is 0. The van der Waals surface area contributed by atoms with Crippen LogP contribution in [0.3, 0.4) is 0 Å². The number of aromatic nitrogens is 1. The summed E-state index contributed by atoms with van der Waals surface area (Å²) >= 11 is 13.8. The molecule has 1 heterocycles. The zero-order valence-electron chi connectivity index (χ0n) is 14.7. The summed E-state index contributed by atoms with van der Waals surface area (Å²) in [5, 5.41) is 4.74. The second kappa shape index (κ2) is 8.31. The van der Waals surface area contributed by atoms with E-state index >= 15 is 0 Å². The molecule has 0 unspecified atom stereocenters. The topological polar surface area (TPSA) is 44.9 Å². The number of thioether (sulfide) groups is 1. The number of amides is 1. The van der Waals surface area contributed by atoms with E-state index in [0.29, 0.717) is 21.3 Å². The molecule has 0 spiro atoms. The maximum absolute atomic E-state index is 12.9. The van der Waals surface area contributed by atoms with E-state index in [1.165, 1.54) is 5.56 Å². The third-order valence-electron chi connectivity index (χ3n) is 4.27. The quantitative estimate of drug-likeness (QED) is 0.336. The van der Waals surface area contributed by atoms with Gasteiger partial charge in [-0.3, -0.25) is 4.79 Å². The number of carbonyl (C=O) groups excluding carboxylic acids is 1. The van der Waals surface area contributed by atoms with Gasteiger partial charge < -0.3 is 10.3 Å². The first-order valence-electron chi connectivity index (χ1n) is 8.64. The maximum Gasteiger partial charge on any atom is 0.257 e. The summed E-state index contributed by atoms with van der Waals surface area (Å²) in [6, 6.07) is 21.2. The van der Waals surface area contributed by atoms with Gasteiger partial charge in [-0.1, -0.05) is 59.6 Å². The van der Waals surface area contributed by atoms with Crippen molar-refractivity contribution in [3.63, 3.8) is 0 Å². The van der Waals surface area contributed by atoms with Gasteiger partial charge in [-0.2, -0.15) is 0 Å². The lowest BCUT2D eigenvalue weighted by atomic mass is 10.1. The fourth-order valence-corrected chi connectivity index (χ4v) is 4.59. The molecule has 0 fully saturated rings. The van der Waals surface area contributed by atoms with Crippen LogP contribution < -0.4 is 5.32 Å². The lowest BCUT2D eigenvalue weighted by Crippen LogP contribution is -2.11. The van der Waals surface area contributed by atoms with Crippen LogP contribution in [0.25, 0.3) is 10.9 Å². The molecule has 0 saturated carbocycles. The second-order valence-electron chi connectivity index (χ2n) is 6.27. The fourth-order valence-electron chi connectivity index (χ4n) is 3.01. The van der Waals surface area contributed by atoms with Gasteiger partial charge in [0.15, 0.2) is 0 Å². The van der Waals surface area contributed by atoms with Gasteiger partial charge >= 0.3 is 0 Å². The molecule has 3 nitrogen and oxygen atoms in total. The molecule has 4 aromatic rings. The predicted molar refractivity (Wildman–Crippen MR) is 119 cm³/mol. The van der Waals surface area contributed by atoms with Crippen molar-refractivity contribution in [3.8, 4) is 0 Å². The molecule has 3 aromatic carbocycles. The summed E-state index contributed by atoms with van der Waals surface area (Å²) in [6.07, 6.45) is 1.73.